The molecule has 10 heavy (non-hydrogen) atoms. The van der Waals surface area contributed by atoms with Crippen LogP contribution in [0.3, 0.4) is 0 Å². The Bertz CT molecular complexity index is 106. The minimum Gasteiger partial charge on any atom is -0.356 e. The summed E-state index contributed by atoms with van der Waals surface area (Å²) >= 11 is 0. The molecule has 1 aliphatic heterocycles. The minimum atomic E-state index is -0.688. The quantitative estimate of drug-likeness (QED) is 0.574. The zero-order valence-electron chi connectivity index (χ0n) is 6.74. The largest absolute Gasteiger partial charge is 0.356 e. The van der Waals surface area contributed by atoms with Gasteiger partial charge in [0.25, 0.3) is 0 Å². The molecule has 1 fully saturated rings. The van der Waals surface area contributed by atoms with Gasteiger partial charge in [0.2, 0.25) is 6.41 Å². The van der Waals surface area contributed by atoms with E-state index < -0.39 is 6.41 Å². The Balaban J connectivity index is 2.41. The average Bonchev–Trinajstić information content (AvgIpc) is 2.13. The summed E-state index contributed by atoms with van der Waals surface area (Å²) in [6.07, 6.45) is -0.493. The van der Waals surface area contributed by atoms with Crippen LogP contribution < -0.4 is 0 Å². The monoisotopic (exact) mass is 145 g/mol. The average molecular weight is 145 g/mol. The number of likely N-dealkylation sites (N-methyl/N-ethyl adjacent to an activating group) is 1. The van der Waals surface area contributed by atoms with Gasteiger partial charge in [0.1, 0.15) is 0 Å². The first-order valence-electron chi connectivity index (χ1n) is 3.65. The predicted molar refractivity (Wildman–Crippen MR) is 38.3 cm³/mol. The van der Waals surface area contributed by atoms with E-state index in [-0.39, 0.29) is 6.10 Å². The van der Waals surface area contributed by atoms with Crippen molar-refractivity contribution >= 4 is 0 Å². The van der Waals surface area contributed by atoms with Crippen molar-refractivity contribution < 1.29 is 9.84 Å². The maximum Gasteiger partial charge on any atom is 0.216 e. The molecule has 0 aromatic rings. The van der Waals surface area contributed by atoms with Gasteiger partial charge < -0.3 is 9.84 Å². The zero-order valence-corrected chi connectivity index (χ0v) is 6.74. The van der Waals surface area contributed by atoms with E-state index in [9.17, 15) is 0 Å². The van der Waals surface area contributed by atoms with Crippen molar-refractivity contribution in [1.29, 1.82) is 0 Å². The van der Waals surface area contributed by atoms with Crippen molar-refractivity contribution in [2.45, 2.75) is 26.4 Å². The summed E-state index contributed by atoms with van der Waals surface area (Å²) in [5.74, 6) is 0.486. The molecule has 1 saturated heterocycles. The third kappa shape index (κ3) is 1.48. The molecule has 0 radical (unpaired) electrons. The summed E-state index contributed by atoms with van der Waals surface area (Å²) in [5, 5.41) is 9.12. The Morgan fingerprint density at radius 1 is 1.60 bits per heavy atom. The second kappa shape index (κ2) is 2.86. The highest BCUT2D eigenvalue weighted by molar-refractivity contribution is 4.72. The van der Waals surface area contributed by atoms with Gasteiger partial charge in [-0.05, 0) is 13.0 Å². The smallest absolute Gasteiger partial charge is 0.216 e. The van der Waals surface area contributed by atoms with E-state index in [1.807, 2.05) is 7.05 Å². The number of rotatable bonds is 1. The number of hydrogen-bond donors (Lipinski definition) is 1. The van der Waals surface area contributed by atoms with Crippen molar-refractivity contribution in [3.8, 4) is 0 Å². The maximum absolute atomic E-state index is 9.12. The Morgan fingerprint density at radius 3 is 2.40 bits per heavy atom. The lowest BCUT2D eigenvalue weighted by Crippen LogP contribution is -2.25. The fraction of sp³-hybridized carbons (Fsp3) is 1.00. The highest BCUT2D eigenvalue weighted by Gasteiger charge is 2.29. The van der Waals surface area contributed by atoms with E-state index in [1.54, 1.807) is 4.90 Å². The first kappa shape index (κ1) is 7.98. The number of nitrogens with zero attached hydrogens (tertiary/aromatic N) is 1. The third-order valence-electron chi connectivity index (χ3n) is 1.89. The minimum absolute atomic E-state index is 0.194. The summed E-state index contributed by atoms with van der Waals surface area (Å²) in [6.45, 7) is 5.02. The zero-order chi connectivity index (χ0) is 7.72. The van der Waals surface area contributed by atoms with E-state index in [1.165, 1.54) is 0 Å². The fourth-order valence-electron chi connectivity index (χ4n) is 1.05. The molecule has 2 atom stereocenters. The summed E-state index contributed by atoms with van der Waals surface area (Å²) in [4.78, 5) is 1.80. The van der Waals surface area contributed by atoms with Gasteiger partial charge in [0, 0.05) is 6.54 Å². The summed E-state index contributed by atoms with van der Waals surface area (Å²) < 4.78 is 5.22. The van der Waals surface area contributed by atoms with E-state index in [0.29, 0.717) is 5.92 Å². The highest BCUT2D eigenvalue weighted by atomic mass is 16.6. The van der Waals surface area contributed by atoms with Crippen molar-refractivity contribution in [1.82, 2.24) is 4.90 Å². The standard InChI is InChI=1S/C7H15NO2/c1-5(2)6-4-8(3)7(9)10-6/h5-7,9H,4H2,1-3H3. The van der Waals surface area contributed by atoms with E-state index in [4.69, 9.17) is 9.84 Å². The molecular formula is C7H15NO2. The summed E-state index contributed by atoms with van der Waals surface area (Å²) in [6, 6.07) is 0. The van der Waals surface area contributed by atoms with Crippen molar-refractivity contribution in [3.05, 3.63) is 0 Å². The molecular weight excluding hydrogens is 130 g/mol. The second-order valence-electron chi connectivity index (χ2n) is 3.18. The molecule has 1 rings (SSSR count). The van der Waals surface area contributed by atoms with Crippen molar-refractivity contribution in [2.24, 2.45) is 5.92 Å². The topological polar surface area (TPSA) is 32.7 Å². The van der Waals surface area contributed by atoms with E-state index in [0.717, 1.165) is 6.54 Å². The SMILES string of the molecule is CC(C)C1CN(C)C(O)O1. The third-order valence-corrected chi connectivity index (χ3v) is 1.89. The molecule has 3 nitrogen and oxygen atoms in total. The number of ether oxygens (including phenoxy) is 1. The van der Waals surface area contributed by atoms with Gasteiger partial charge in [-0.1, -0.05) is 13.8 Å². The van der Waals surface area contributed by atoms with Gasteiger partial charge >= 0.3 is 0 Å². The van der Waals surface area contributed by atoms with Crippen LogP contribution in [0.15, 0.2) is 0 Å². The molecule has 2 unspecified atom stereocenters. The molecule has 0 aromatic carbocycles. The molecule has 1 heterocycles. The molecule has 0 aromatic heterocycles. The van der Waals surface area contributed by atoms with Gasteiger partial charge in [-0.25, -0.2) is 0 Å². The van der Waals surface area contributed by atoms with E-state index >= 15 is 0 Å². The van der Waals surface area contributed by atoms with Gasteiger partial charge in [0.05, 0.1) is 6.10 Å². The van der Waals surface area contributed by atoms with Crippen LogP contribution in [-0.4, -0.2) is 36.1 Å². The normalized spacial score (nSPS) is 35.7. The van der Waals surface area contributed by atoms with Gasteiger partial charge in [-0.15, -0.1) is 0 Å². The lowest BCUT2D eigenvalue weighted by atomic mass is 10.1. The molecule has 1 aliphatic rings. The van der Waals surface area contributed by atoms with Gasteiger partial charge in [-0.2, -0.15) is 0 Å². The highest BCUT2D eigenvalue weighted by Crippen LogP contribution is 2.17. The van der Waals surface area contributed by atoms with Crippen molar-refractivity contribution in [2.75, 3.05) is 13.6 Å². The molecule has 0 amide bonds. The summed E-state index contributed by atoms with van der Waals surface area (Å²) in [7, 11) is 1.85. The van der Waals surface area contributed by atoms with Crippen LogP contribution in [-0.2, 0) is 4.74 Å². The molecule has 0 bridgehead atoms. The first-order chi connectivity index (χ1) is 4.61. The fourth-order valence-corrected chi connectivity index (χ4v) is 1.05. The number of hydrogen-bond acceptors (Lipinski definition) is 3. The number of aliphatic hydroxyl groups excluding tert-OH is 1. The predicted octanol–water partition coefficient (Wildman–Crippen LogP) is 0.249. The Labute approximate surface area is 61.6 Å². The van der Waals surface area contributed by atoms with Gasteiger partial charge in [0.15, 0.2) is 0 Å². The van der Waals surface area contributed by atoms with Crippen LogP contribution in [0.4, 0.5) is 0 Å². The molecule has 1 N–H and O–H groups in total. The van der Waals surface area contributed by atoms with Crippen LogP contribution in [0.2, 0.25) is 0 Å². The van der Waals surface area contributed by atoms with Crippen LogP contribution in [0, 0.1) is 5.92 Å². The lowest BCUT2D eigenvalue weighted by molar-refractivity contribution is -0.148. The molecule has 60 valence electrons. The second-order valence-corrected chi connectivity index (χ2v) is 3.18. The molecule has 0 spiro atoms. The van der Waals surface area contributed by atoms with E-state index in [2.05, 4.69) is 13.8 Å². The summed E-state index contributed by atoms with van der Waals surface area (Å²) in [5.41, 5.74) is 0. The van der Waals surface area contributed by atoms with Crippen molar-refractivity contribution in [3.63, 3.8) is 0 Å². The van der Waals surface area contributed by atoms with Gasteiger partial charge in [-0.3, -0.25) is 4.90 Å². The Kier molecular flexibility index (Phi) is 2.28. The van der Waals surface area contributed by atoms with Crippen LogP contribution in [0.1, 0.15) is 13.8 Å². The lowest BCUT2D eigenvalue weighted by Gasteiger charge is -2.11. The number of aliphatic hydroxyl groups is 1. The first-order valence-corrected chi connectivity index (χ1v) is 3.65. The molecule has 0 aliphatic carbocycles. The van der Waals surface area contributed by atoms with Crippen LogP contribution >= 0.6 is 0 Å². The van der Waals surface area contributed by atoms with Crippen LogP contribution in [0.5, 0.6) is 0 Å². The maximum atomic E-state index is 9.12. The Morgan fingerprint density at radius 2 is 2.20 bits per heavy atom. The Hall–Kier alpha value is -0.120. The van der Waals surface area contributed by atoms with Crippen LogP contribution in [0.25, 0.3) is 0 Å². The molecule has 0 saturated carbocycles. The molecule has 3 heteroatoms.